The molecule has 3 N–H and O–H groups in total. The van der Waals surface area contributed by atoms with Crippen LogP contribution in [0.15, 0.2) is 29.1 Å². The maximum absolute atomic E-state index is 14.2. The average molecular weight is 535 g/mol. The van der Waals surface area contributed by atoms with Crippen LogP contribution >= 0.6 is 11.6 Å². The Bertz CT molecular complexity index is 1430. The third-order valence-corrected chi connectivity index (χ3v) is 7.01. The molecule has 0 aliphatic carbocycles. The van der Waals surface area contributed by atoms with Crippen molar-refractivity contribution in [1.29, 1.82) is 5.26 Å². The van der Waals surface area contributed by atoms with E-state index in [1.807, 2.05) is 6.07 Å². The van der Waals surface area contributed by atoms with E-state index in [-0.39, 0.29) is 41.0 Å². The Balaban J connectivity index is 1.70. The molecule has 0 spiro atoms. The SMILES string of the molecule is C[C@@H]1CN(c2nc(Nc3ccc4c(c3)n(CCC(C)(C)O)c(=O)n4C)c(Cl)cc2C#N)C[C@H](O)C1(F)F. The predicted molar refractivity (Wildman–Crippen MR) is 138 cm³/mol. The molecule has 1 fully saturated rings. The maximum Gasteiger partial charge on any atom is 0.328 e. The quantitative estimate of drug-likeness (QED) is 0.442. The van der Waals surface area contributed by atoms with E-state index in [1.165, 1.54) is 22.5 Å². The first-order chi connectivity index (χ1) is 17.2. The summed E-state index contributed by atoms with van der Waals surface area (Å²) in [5, 5.41) is 33.0. The lowest BCUT2D eigenvalue weighted by atomic mass is 9.93. The monoisotopic (exact) mass is 534 g/mol. The van der Waals surface area contributed by atoms with Crippen molar-refractivity contribution < 1.29 is 19.0 Å². The van der Waals surface area contributed by atoms with Gasteiger partial charge >= 0.3 is 5.69 Å². The number of aryl methyl sites for hydroxylation is 2. The van der Waals surface area contributed by atoms with Crippen molar-refractivity contribution in [3.63, 3.8) is 0 Å². The van der Waals surface area contributed by atoms with Crippen LogP contribution in [0.2, 0.25) is 5.02 Å². The normalized spacial score (nSPS) is 19.7. The van der Waals surface area contributed by atoms with Gasteiger partial charge in [0, 0.05) is 31.7 Å². The Morgan fingerprint density at radius 2 is 2.00 bits per heavy atom. The van der Waals surface area contributed by atoms with E-state index in [4.69, 9.17) is 11.6 Å². The molecule has 4 rings (SSSR count). The second kappa shape index (κ2) is 9.59. The lowest BCUT2D eigenvalue weighted by molar-refractivity contribution is -0.149. The number of nitriles is 1. The number of anilines is 3. The summed E-state index contributed by atoms with van der Waals surface area (Å²) < 4.78 is 31.4. The van der Waals surface area contributed by atoms with Gasteiger partial charge in [0.1, 0.15) is 18.0 Å². The first-order valence-electron chi connectivity index (χ1n) is 11.8. The van der Waals surface area contributed by atoms with Crippen molar-refractivity contribution in [2.75, 3.05) is 23.3 Å². The number of hydrogen-bond acceptors (Lipinski definition) is 7. The molecule has 3 heterocycles. The number of halogens is 3. The van der Waals surface area contributed by atoms with Gasteiger partial charge in [0.15, 0.2) is 5.82 Å². The van der Waals surface area contributed by atoms with E-state index in [1.54, 1.807) is 43.7 Å². The highest BCUT2D eigenvalue weighted by molar-refractivity contribution is 6.33. The zero-order chi connectivity index (χ0) is 27.3. The summed E-state index contributed by atoms with van der Waals surface area (Å²) in [4.78, 5) is 18.7. The molecule has 0 amide bonds. The molecule has 2 aromatic heterocycles. The Kier molecular flexibility index (Phi) is 6.96. The van der Waals surface area contributed by atoms with Gasteiger partial charge in [0.05, 0.1) is 33.8 Å². The highest BCUT2D eigenvalue weighted by atomic mass is 35.5. The third-order valence-electron chi connectivity index (χ3n) is 6.72. The van der Waals surface area contributed by atoms with Crippen LogP contribution in [-0.2, 0) is 13.6 Å². The summed E-state index contributed by atoms with van der Waals surface area (Å²) in [7, 11) is 1.67. The number of aromatic nitrogens is 3. The molecule has 1 aliphatic rings. The van der Waals surface area contributed by atoms with Gasteiger partial charge in [-0.2, -0.15) is 5.26 Å². The van der Waals surface area contributed by atoms with Crippen molar-refractivity contribution in [3.05, 3.63) is 45.3 Å². The van der Waals surface area contributed by atoms with Crippen LogP contribution in [0.4, 0.5) is 26.1 Å². The predicted octanol–water partition coefficient (Wildman–Crippen LogP) is 3.62. The van der Waals surface area contributed by atoms with E-state index in [9.17, 15) is 29.1 Å². The van der Waals surface area contributed by atoms with Crippen molar-refractivity contribution in [2.24, 2.45) is 13.0 Å². The number of benzene rings is 1. The number of pyridine rings is 1. The van der Waals surface area contributed by atoms with E-state index in [2.05, 4.69) is 10.3 Å². The van der Waals surface area contributed by atoms with Gasteiger partial charge in [0.2, 0.25) is 0 Å². The Labute approximate surface area is 217 Å². The van der Waals surface area contributed by atoms with Gasteiger partial charge in [-0.3, -0.25) is 9.13 Å². The summed E-state index contributed by atoms with van der Waals surface area (Å²) in [6.45, 7) is 4.51. The van der Waals surface area contributed by atoms with E-state index in [0.717, 1.165) is 0 Å². The summed E-state index contributed by atoms with van der Waals surface area (Å²) in [5.41, 5.74) is 0.822. The second-order valence-electron chi connectivity index (χ2n) is 10.2. The van der Waals surface area contributed by atoms with Crippen molar-refractivity contribution in [2.45, 2.75) is 51.4 Å². The number of nitrogens with zero attached hydrogens (tertiary/aromatic N) is 5. The molecule has 1 aliphatic heterocycles. The van der Waals surface area contributed by atoms with Crippen molar-refractivity contribution in [1.82, 2.24) is 14.1 Å². The molecule has 1 saturated heterocycles. The number of aliphatic hydroxyl groups excluding tert-OH is 1. The lowest BCUT2D eigenvalue weighted by Gasteiger charge is -2.40. The summed E-state index contributed by atoms with van der Waals surface area (Å²) in [5.74, 6) is -4.07. The fraction of sp³-hybridized carbons (Fsp3) is 0.480. The second-order valence-corrected chi connectivity index (χ2v) is 10.6. The number of hydrogen-bond donors (Lipinski definition) is 3. The average Bonchev–Trinajstić information content (AvgIpc) is 3.05. The molecule has 2 atom stereocenters. The van der Waals surface area contributed by atoms with E-state index < -0.39 is 23.5 Å². The zero-order valence-corrected chi connectivity index (χ0v) is 21.7. The van der Waals surface area contributed by atoms with Gasteiger partial charge in [-0.25, -0.2) is 18.6 Å². The maximum atomic E-state index is 14.2. The van der Waals surface area contributed by atoms with Crippen LogP contribution < -0.4 is 15.9 Å². The van der Waals surface area contributed by atoms with Gasteiger partial charge in [-0.05, 0) is 44.5 Å². The lowest BCUT2D eigenvalue weighted by Crippen LogP contribution is -2.56. The molecule has 0 unspecified atom stereocenters. The van der Waals surface area contributed by atoms with Gasteiger partial charge in [-0.15, -0.1) is 0 Å². The van der Waals surface area contributed by atoms with Crippen molar-refractivity contribution in [3.8, 4) is 6.07 Å². The van der Waals surface area contributed by atoms with E-state index >= 15 is 0 Å². The molecule has 37 heavy (non-hydrogen) atoms. The number of rotatable bonds is 6. The summed E-state index contributed by atoms with van der Waals surface area (Å²) in [6, 6.07) is 8.66. The molecule has 1 aromatic carbocycles. The molecule has 0 bridgehead atoms. The largest absolute Gasteiger partial charge is 0.390 e. The van der Waals surface area contributed by atoms with Gasteiger partial charge in [0.25, 0.3) is 5.92 Å². The molecular weight excluding hydrogens is 506 g/mol. The Morgan fingerprint density at radius 3 is 2.62 bits per heavy atom. The minimum absolute atomic E-state index is 0.0964. The number of aliphatic hydroxyl groups is 2. The van der Waals surface area contributed by atoms with E-state index in [0.29, 0.717) is 29.7 Å². The summed E-state index contributed by atoms with van der Waals surface area (Å²) in [6.07, 6.45) is -1.53. The van der Waals surface area contributed by atoms with Crippen LogP contribution in [0.3, 0.4) is 0 Å². The van der Waals surface area contributed by atoms with Crippen molar-refractivity contribution >= 4 is 40.0 Å². The van der Waals surface area contributed by atoms with Crippen LogP contribution in [0, 0.1) is 17.2 Å². The first kappa shape index (κ1) is 26.9. The fourth-order valence-corrected chi connectivity index (χ4v) is 4.67. The number of piperidine rings is 1. The topological polar surface area (TPSA) is 119 Å². The zero-order valence-electron chi connectivity index (χ0n) is 21.0. The van der Waals surface area contributed by atoms with Crippen LogP contribution in [0.25, 0.3) is 11.0 Å². The van der Waals surface area contributed by atoms with Crippen LogP contribution in [-0.4, -0.2) is 55.0 Å². The smallest absolute Gasteiger partial charge is 0.328 e. The molecule has 12 heteroatoms. The minimum Gasteiger partial charge on any atom is -0.390 e. The first-order valence-corrected chi connectivity index (χ1v) is 12.2. The Morgan fingerprint density at radius 1 is 1.30 bits per heavy atom. The number of imidazole rings is 1. The summed E-state index contributed by atoms with van der Waals surface area (Å²) >= 11 is 6.40. The highest BCUT2D eigenvalue weighted by Crippen LogP contribution is 2.37. The number of β-amino-alcohol motifs (C(OH)–C–C–N with tert-alkyl or cyclic N) is 1. The molecule has 0 saturated carbocycles. The minimum atomic E-state index is -3.25. The number of fused-ring (bicyclic) bond motifs is 1. The molecular formula is C25H29ClF2N6O3. The Hall–Kier alpha value is -3.20. The molecule has 3 aromatic rings. The molecule has 198 valence electrons. The third kappa shape index (κ3) is 5.14. The number of alkyl halides is 2. The molecule has 0 radical (unpaired) electrons. The molecule has 9 nitrogen and oxygen atoms in total. The number of nitrogens with one attached hydrogen (secondary N) is 1. The highest BCUT2D eigenvalue weighted by Gasteiger charge is 2.49. The van der Waals surface area contributed by atoms with Crippen LogP contribution in [0.1, 0.15) is 32.8 Å². The van der Waals surface area contributed by atoms with Gasteiger partial charge < -0.3 is 20.4 Å². The fourth-order valence-electron chi connectivity index (χ4n) is 4.48. The van der Waals surface area contributed by atoms with Crippen LogP contribution in [0.5, 0.6) is 0 Å². The standard InChI is InChI=1S/C25H29ClF2N6O3/c1-14-12-33(13-20(35)25(14,27)28)22-15(11-29)9-17(26)21(31-22)30-16-5-6-18-19(10-16)34(23(36)32(18)4)8-7-24(2,3)37/h5-6,9-10,14,20,35,37H,7-8,12-13H2,1-4H3,(H,30,31)/t14-,20+/m1/s1. The van der Waals surface area contributed by atoms with Gasteiger partial charge in [-0.1, -0.05) is 18.5 Å².